The van der Waals surface area contributed by atoms with Crippen LogP contribution in [0.25, 0.3) is 0 Å². The minimum absolute atomic E-state index is 0.270. The quantitative estimate of drug-likeness (QED) is 0.863. The molecule has 20 heavy (non-hydrogen) atoms. The molecule has 0 saturated carbocycles. The van der Waals surface area contributed by atoms with Crippen LogP contribution < -0.4 is 5.32 Å². The summed E-state index contributed by atoms with van der Waals surface area (Å²) in [7, 11) is 0. The van der Waals surface area contributed by atoms with Crippen LogP contribution >= 0.6 is 0 Å². The van der Waals surface area contributed by atoms with Crippen molar-refractivity contribution in [3.05, 3.63) is 29.6 Å². The van der Waals surface area contributed by atoms with Crippen LogP contribution in [-0.2, 0) is 10.9 Å². The summed E-state index contributed by atoms with van der Waals surface area (Å²) >= 11 is 0. The number of rotatable bonds is 4. The van der Waals surface area contributed by atoms with Gasteiger partial charge in [-0.25, -0.2) is 4.39 Å². The molecule has 1 heterocycles. The number of alkyl halides is 3. The third kappa shape index (κ3) is 4.08. The predicted molar refractivity (Wildman–Crippen MR) is 67.2 cm³/mol. The normalized spacial score (nSPS) is 17.2. The fourth-order valence-electron chi connectivity index (χ4n) is 2.04. The van der Waals surface area contributed by atoms with Gasteiger partial charge in [-0.15, -0.1) is 0 Å². The molecule has 0 bridgehead atoms. The maximum Gasteiger partial charge on any atom is 0.419 e. The van der Waals surface area contributed by atoms with E-state index in [1.54, 1.807) is 0 Å². The van der Waals surface area contributed by atoms with Gasteiger partial charge < -0.3 is 10.1 Å². The Bertz CT molecular complexity index is 444. The Balaban J connectivity index is 1.89. The van der Waals surface area contributed by atoms with Crippen LogP contribution in [0.2, 0.25) is 0 Å². The van der Waals surface area contributed by atoms with E-state index in [4.69, 9.17) is 4.74 Å². The van der Waals surface area contributed by atoms with Gasteiger partial charge in [0.05, 0.1) is 18.8 Å². The molecule has 1 N–H and O–H groups in total. The first kappa shape index (κ1) is 15.1. The Morgan fingerprint density at radius 1 is 1.20 bits per heavy atom. The molecule has 1 aliphatic rings. The van der Waals surface area contributed by atoms with E-state index in [0.29, 0.717) is 26.3 Å². The standard InChI is InChI=1S/C13H16F4N2O/c14-12-2-1-10(9-11(12)13(15,16)17)18-3-4-19-5-7-20-8-6-19/h1-2,9,18H,3-8H2. The number of hydrogen-bond donors (Lipinski definition) is 1. The van der Waals surface area contributed by atoms with E-state index in [-0.39, 0.29) is 5.69 Å². The summed E-state index contributed by atoms with van der Waals surface area (Å²) in [5.41, 5.74) is -0.971. The molecule has 3 nitrogen and oxygen atoms in total. The van der Waals surface area contributed by atoms with Crippen molar-refractivity contribution in [2.45, 2.75) is 6.18 Å². The molecule has 112 valence electrons. The van der Waals surface area contributed by atoms with Gasteiger partial charge in [-0.2, -0.15) is 13.2 Å². The second kappa shape index (κ2) is 6.41. The SMILES string of the molecule is Fc1ccc(NCCN2CCOCC2)cc1C(F)(F)F. The number of ether oxygens (including phenoxy) is 1. The number of nitrogens with one attached hydrogen (secondary N) is 1. The highest BCUT2D eigenvalue weighted by molar-refractivity contribution is 5.47. The largest absolute Gasteiger partial charge is 0.419 e. The minimum atomic E-state index is -4.67. The van der Waals surface area contributed by atoms with Crippen molar-refractivity contribution in [3.63, 3.8) is 0 Å². The van der Waals surface area contributed by atoms with Crippen molar-refractivity contribution in [2.75, 3.05) is 44.7 Å². The summed E-state index contributed by atoms with van der Waals surface area (Å²) < 4.78 is 56.0. The lowest BCUT2D eigenvalue weighted by Gasteiger charge is -2.26. The molecular weight excluding hydrogens is 276 g/mol. The minimum Gasteiger partial charge on any atom is -0.384 e. The summed E-state index contributed by atoms with van der Waals surface area (Å²) in [6, 6.07) is 2.94. The highest BCUT2D eigenvalue weighted by atomic mass is 19.4. The summed E-state index contributed by atoms with van der Waals surface area (Å²) in [5.74, 6) is -1.25. The van der Waals surface area contributed by atoms with Gasteiger partial charge in [-0.05, 0) is 18.2 Å². The zero-order chi connectivity index (χ0) is 14.6. The predicted octanol–water partition coefficient (Wildman–Crippen LogP) is 2.59. The highest BCUT2D eigenvalue weighted by Crippen LogP contribution is 2.32. The Kier molecular flexibility index (Phi) is 4.82. The summed E-state index contributed by atoms with van der Waals surface area (Å²) in [6.07, 6.45) is -4.67. The Labute approximate surface area is 114 Å². The molecule has 1 saturated heterocycles. The number of benzene rings is 1. The lowest BCUT2D eigenvalue weighted by Crippen LogP contribution is -2.39. The van der Waals surface area contributed by atoms with E-state index < -0.39 is 17.6 Å². The molecule has 1 aromatic rings. The van der Waals surface area contributed by atoms with Crippen LogP contribution in [0.15, 0.2) is 18.2 Å². The third-order valence-corrected chi connectivity index (χ3v) is 3.13. The number of morpholine rings is 1. The van der Waals surface area contributed by atoms with E-state index in [2.05, 4.69) is 10.2 Å². The van der Waals surface area contributed by atoms with Crippen LogP contribution in [0, 0.1) is 5.82 Å². The van der Waals surface area contributed by atoms with Gasteiger partial charge in [-0.3, -0.25) is 4.90 Å². The van der Waals surface area contributed by atoms with E-state index in [1.807, 2.05) is 0 Å². The smallest absolute Gasteiger partial charge is 0.384 e. The fourth-order valence-corrected chi connectivity index (χ4v) is 2.04. The molecule has 0 amide bonds. The average Bonchev–Trinajstić information content (AvgIpc) is 2.40. The maximum atomic E-state index is 13.1. The lowest BCUT2D eigenvalue weighted by atomic mass is 10.2. The first-order valence-electron chi connectivity index (χ1n) is 6.37. The molecule has 0 radical (unpaired) electrons. The Morgan fingerprint density at radius 2 is 1.90 bits per heavy atom. The first-order chi connectivity index (χ1) is 9.47. The topological polar surface area (TPSA) is 24.5 Å². The van der Waals surface area contributed by atoms with Crippen LogP contribution in [-0.4, -0.2) is 44.3 Å². The second-order valence-electron chi connectivity index (χ2n) is 4.57. The third-order valence-electron chi connectivity index (χ3n) is 3.13. The van der Waals surface area contributed by atoms with Crippen molar-refractivity contribution >= 4 is 5.69 Å². The van der Waals surface area contributed by atoms with Gasteiger partial charge >= 0.3 is 6.18 Å². The van der Waals surface area contributed by atoms with Crippen LogP contribution in [0.4, 0.5) is 23.2 Å². The molecule has 0 spiro atoms. The van der Waals surface area contributed by atoms with Crippen molar-refractivity contribution in [3.8, 4) is 0 Å². The molecule has 0 unspecified atom stereocenters. The van der Waals surface area contributed by atoms with Gasteiger partial charge in [0, 0.05) is 31.9 Å². The van der Waals surface area contributed by atoms with E-state index >= 15 is 0 Å². The van der Waals surface area contributed by atoms with Crippen LogP contribution in [0.5, 0.6) is 0 Å². The van der Waals surface area contributed by atoms with Crippen molar-refractivity contribution < 1.29 is 22.3 Å². The number of hydrogen-bond acceptors (Lipinski definition) is 3. The molecule has 7 heteroatoms. The van der Waals surface area contributed by atoms with E-state index in [9.17, 15) is 17.6 Å². The molecule has 1 aliphatic heterocycles. The van der Waals surface area contributed by atoms with Gasteiger partial charge in [0.25, 0.3) is 0 Å². The van der Waals surface area contributed by atoms with Crippen molar-refractivity contribution in [1.29, 1.82) is 0 Å². The monoisotopic (exact) mass is 292 g/mol. The molecule has 0 aliphatic carbocycles. The number of nitrogens with zero attached hydrogens (tertiary/aromatic N) is 1. The molecule has 2 rings (SSSR count). The van der Waals surface area contributed by atoms with Gasteiger partial charge in [0.1, 0.15) is 5.82 Å². The number of halogens is 4. The molecule has 1 fully saturated rings. The van der Waals surface area contributed by atoms with E-state index in [0.717, 1.165) is 25.2 Å². The molecule has 1 aromatic carbocycles. The highest BCUT2D eigenvalue weighted by Gasteiger charge is 2.34. The first-order valence-corrected chi connectivity index (χ1v) is 6.37. The maximum absolute atomic E-state index is 13.1. The Hall–Kier alpha value is -1.34. The molecule has 0 aromatic heterocycles. The van der Waals surface area contributed by atoms with Gasteiger partial charge in [-0.1, -0.05) is 0 Å². The summed E-state index contributed by atoms with van der Waals surface area (Å²) in [5, 5.41) is 2.88. The fraction of sp³-hybridized carbons (Fsp3) is 0.538. The number of anilines is 1. The summed E-state index contributed by atoms with van der Waals surface area (Å²) in [4.78, 5) is 2.16. The Morgan fingerprint density at radius 3 is 2.55 bits per heavy atom. The molecular formula is C13H16F4N2O. The van der Waals surface area contributed by atoms with Crippen molar-refractivity contribution in [2.24, 2.45) is 0 Å². The van der Waals surface area contributed by atoms with Crippen LogP contribution in [0.3, 0.4) is 0 Å². The average molecular weight is 292 g/mol. The molecule has 0 atom stereocenters. The van der Waals surface area contributed by atoms with Gasteiger partial charge in [0.2, 0.25) is 0 Å². The zero-order valence-corrected chi connectivity index (χ0v) is 10.8. The van der Waals surface area contributed by atoms with Crippen molar-refractivity contribution in [1.82, 2.24) is 4.90 Å². The second-order valence-corrected chi connectivity index (χ2v) is 4.57. The lowest BCUT2D eigenvalue weighted by molar-refractivity contribution is -0.139. The van der Waals surface area contributed by atoms with E-state index in [1.165, 1.54) is 6.07 Å². The zero-order valence-electron chi connectivity index (χ0n) is 10.8. The summed E-state index contributed by atoms with van der Waals surface area (Å²) in [6.45, 7) is 4.20. The van der Waals surface area contributed by atoms with Crippen LogP contribution in [0.1, 0.15) is 5.56 Å². The van der Waals surface area contributed by atoms with Gasteiger partial charge in [0.15, 0.2) is 0 Å².